The van der Waals surface area contributed by atoms with Gasteiger partial charge in [-0.3, -0.25) is 9.59 Å². The summed E-state index contributed by atoms with van der Waals surface area (Å²) in [6, 6.07) is 17.4. The van der Waals surface area contributed by atoms with Crippen LogP contribution in [0.5, 0.6) is 0 Å². The number of pyridine rings is 1. The third kappa shape index (κ3) is 5.74. The molecule has 1 aliphatic carbocycles. The van der Waals surface area contributed by atoms with Gasteiger partial charge in [-0.15, -0.1) is 11.3 Å². The number of H-pyrrole nitrogens is 1. The number of amides is 2. The molecule has 0 atom stereocenters. The average molecular weight is 711 g/mol. The SMILES string of the molecule is CCc1c(-c2nc3c([nH]2)C=CCC3)sc2c1CCN(C(=O)c1ccc(NC(=O)c3cc(C)cnc3N3CC4(CCOCC4)C3)cc1)c1ccccc1-2. The van der Waals surface area contributed by atoms with Crippen molar-refractivity contribution >= 4 is 46.4 Å². The number of nitrogens with one attached hydrogen (secondary N) is 2. The lowest BCUT2D eigenvalue weighted by Crippen LogP contribution is -2.59. The van der Waals surface area contributed by atoms with Crippen molar-refractivity contribution in [3.8, 4) is 21.1 Å². The minimum absolute atomic E-state index is 0.0609. The number of nitrogens with zero attached hydrogens (tertiary/aromatic N) is 4. The van der Waals surface area contributed by atoms with E-state index in [1.165, 1.54) is 20.9 Å². The number of aryl methyl sites for hydroxylation is 2. The first-order valence-electron chi connectivity index (χ1n) is 18.4. The topological polar surface area (TPSA) is 103 Å². The number of thiophene rings is 1. The Bertz CT molecular complexity index is 2220. The van der Waals surface area contributed by atoms with Gasteiger partial charge in [-0.2, -0.15) is 0 Å². The van der Waals surface area contributed by atoms with Gasteiger partial charge in [0.25, 0.3) is 11.8 Å². The fraction of sp³-hybridized carbons (Fsp3) is 0.333. The number of aromatic nitrogens is 3. The Morgan fingerprint density at radius 2 is 1.85 bits per heavy atom. The highest BCUT2D eigenvalue weighted by Crippen LogP contribution is 2.47. The van der Waals surface area contributed by atoms with Crippen molar-refractivity contribution in [3.63, 3.8) is 0 Å². The van der Waals surface area contributed by atoms with Crippen LogP contribution in [-0.2, 0) is 24.0 Å². The summed E-state index contributed by atoms with van der Waals surface area (Å²) in [4.78, 5) is 47.7. The Labute approximate surface area is 307 Å². The third-order valence-corrected chi connectivity index (χ3v) is 12.5. The molecule has 3 aromatic heterocycles. The van der Waals surface area contributed by atoms with Crippen LogP contribution in [0, 0.1) is 12.3 Å². The van der Waals surface area contributed by atoms with Crippen LogP contribution in [0.2, 0.25) is 0 Å². The van der Waals surface area contributed by atoms with E-state index in [2.05, 4.69) is 51.4 Å². The van der Waals surface area contributed by atoms with Crippen molar-refractivity contribution < 1.29 is 14.3 Å². The second-order valence-corrected chi connectivity index (χ2v) is 15.6. The van der Waals surface area contributed by atoms with Gasteiger partial charge in [-0.1, -0.05) is 31.2 Å². The average Bonchev–Trinajstić information content (AvgIpc) is 3.72. The van der Waals surface area contributed by atoms with E-state index < -0.39 is 0 Å². The second-order valence-electron chi connectivity index (χ2n) is 14.6. The normalized spacial score (nSPS) is 17.2. The number of carbonyl (C=O) groups is 2. The standard InChI is InChI=1S/C42H42N6O3S/c1-3-29-30-16-19-48(35-11-7-4-8-31(35)36(30)52-37(29)38-45-33-9-5-6-10-34(33)46-38)41(50)27-12-14-28(15-13-27)44-40(49)32-22-26(2)23-43-39(32)47-24-42(25-47)17-20-51-21-18-42/h4-5,7-9,11-15,22-23H,3,6,10,16-21,24-25H2,1-2H3,(H,44,49)(H,45,46). The van der Waals surface area contributed by atoms with Crippen LogP contribution in [0.25, 0.3) is 27.2 Å². The maximum absolute atomic E-state index is 14.2. The number of rotatable bonds is 6. The molecule has 9 nitrogen and oxygen atoms in total. The maximum Gasteiger partial charge on any atom is 0.259 e. The molecule has 6 heterocycles. The number of benzene rings is 2. The molecule has 264 valence electrons. The summed E-state index contributed by atoms with van der Waals surface area (Å²) in [6.45, 7) is 8.10. The zero-order chi connectivity index (χ0) is 35.4. The highest BCUT2D eigenvalue weighted by atomic mass is 32.1. The number of carbonyl (C=O) groups excluding carboxylic acids is 2. The first-order valence-corrected chi connectivity index (χ1v) is 19.2. The van der Waals surface area contributed by atoms with E-state index >= 15 is 0 Å². The molecule has 2 N–H and O–H groups in total. The molecule has 0 radical (unpaired) electrons. The molecular formula is C42H42N6O3S. The molecule has 1 spiro atoms. The van der Waals surface area contributed by atoms with Gasteiger partial charge in [-0.05, 0) is 105 Å². The predicted molar refractivity (Wildman–Crippen MR) is 208 cm³/mol. The first-order chi connectivity index (χ1) is 25.4. The van der Waals surface area contributed by atoms with Crippen molar-refractivity contribution in [1.82, 2.24) is 15.0 Å². The van der Waals surface area contributed by atoms with E-state index in [4.69, 9.17) is 9.72 Å². The van der Waals surface area contributed by atoms with Gasteiger partial charge in [0.1, 0.15) is 11.6 Å². The van der Waals surface area contributed by atoms with Gasteiger partial charge in [0.15, 0.2) is 0 Å². The number of anilines is 3. The summed E-state index contributed by atoms with van der Waals surface area (Å²) in [7, 11) is 0. The highest BCUT2D eigenvalue weighted by Gasteiger charge is 2.45. The quantitative estimate of drug-likeness (QED) is 0.185. The number of hydrogen-bond donors (Lipinski definition) is 2. The lowest BCUT2D eigenvalue weighted by Gasteiger charge is -2.53. The molecule has 0 bridgehead atoms. The fourth-order valence-corrected chi connectivity index (χ4v) is 9.77. The molecular weight excluding hydrogens is 669 g/mol. The molecule has 0 saturated carbocycles. The smallest absolute Gasteiger partial charge is 0.259 e. The molecule has 10 heteroatoms. The van der Waals surface area contributed by atoms with Gasteiger partial charge < -0.3 is 24.8 Å². The number of aromatic amines is 1. The number of ether oxygens (including phenoxy) is 1. The van der Waals surface area contributed by atoms with Crippen LogP contribution < -0.4 is 15.1 Å². The van der Waals surface area contributed by atoms with Crippen LogP contribution in [-0.4, -0.2) is 59.6 Å². The number of fused-ring (bicyclic) bond motifs is 4. The van der Waals surface area contributed by atoms with Crippen LogP contribution in [0.1, 0.15) is 75.0 Å². The van der Waals surface area contributed by atoms with Crippen LogP contribution in [0.4, 0.5) is 17.2 Å². The second kappa shape index (κ2) is 13.2. The van der Waals surface area contributed by atoms with E-state index in [0.717, 1.165) is 105 Å². The summed E-state index contributed by atoms with van der Waals surface area (Å²) in [6.07, 6.45) is 11.9. The van der Waals surface area contributed by atoms with Crippen LogP contribution >= 0.6 is 11.3 Å². The Balaban J connectivity index is 0.943. The van der Waals surface area contributed by atoms with Crippen molar-refractivity contribution in [2.75, 3.05) is 48.0 Å². The van der Waals surface area contributed by atoms with E-state index in [0.29, 0.717) is 23.4 Å². The van der Waals surface area contributed by atoms with Gasteiger partial charge in [-0.25, -0.2) is 9.97 Å². The summed E-state index contributed by atoms with van der Waals surface area (Å²) in [5.74, 6) is 1.40. The number of para-hydroxylation sites is 1. The van der Waals surface area contributed by atoms with Gasteiger partial charge in [0.05, 0.1) is 27.5 Å². The molecule has 2 amide bonds. The van der Waals surface area contributed by atoms with E-state index in [1.807, 2.05) is 60.5 Å². The lowest BCUT2D eigenvalue weighted by molar-refractivity contribution is -0.000510. The van der Waals surface area contributed by atoms with Crippen molar-refractivity contribution in [1.29, 1.82) is 0 Å². The van der Waals surface area contributed by atoms with E-state index in [-0.39, 0.29) is 17.2 Å². The zero-order valence-electron chi connectivity index (χ0n) is 29.6. The van der Waals surface area contributed by atoms with Gasteiger partial charge in [0.2, 0.25) is 0 Å². The zero-order valence-corrected chi connectivity index (χ0v) is 30.4. The fourth-order valence-electron chi connectivity index (χ4n) is 8.35. The summed E-state index contributed by atoms with van der Waals surface area (Å²) in [5.41, 5.74) is 9.81. The molecule has 2 aromatic carbocycles. The van der Waals surface area contributed by atoms with Crippen LogP contribution in [0.15, 0.2) is 66.9 Å². The minimum Gasteiger partial charge on any atom is -0.381 e. The summed E-state index contributed by atoms with van der Waals surface area (Å²) < 4.78 is 5.59. The molecule has 4 aliphatic rings. The Morgan fingerprint density at radius 1 is 1.04 bits per heavy atom. The Kier molecular flexibility index (Phi) is 8.31. The summed E-state index contributed by atoms with van der Waals surface area (Å²) >= 11 is 1.78. The Hall–Kier alpha value is -5.06. The van der Waals surface area contributed by atoms with Gasteiger partial charge in [0, 0.05) is 66.2 Å². The van der Waals surface area contributed by atoms with Crippen molar-refractivity contribution in [3.05, 3.63) is 106 Å². The highest BCUT2D eigenvalue weighted by molar-refractivity contribution is 7.19. The van der Waals surface area contributed by atoms with Crippen molar-refractivity contribution in [2.45, 2.75) is 52.4 Å². The largest absolute Gasteiger partial charge is 0.381 e. The van der Waals surface area contributed by atoms with Crippen molar-refractivity contribution in [2.24, 2.45) is 5.41 Å². The molecule has 2 fully saturated rings. The number of allylic oxidation sites excluding steroid dienone is 1. The van der Waals surface area contributed by atoms with Crippen LogP contribution in [0.3, 0.4) is 0 Å². The van der Waals surface area contributed by atoms with E-state index in [1.54, 1.807) is 11.3 Å². The minimum atomic E-state index is -0.205. The summed E-state index contributed by atoms with van der Waals surface area (Å²) in [5, 5.41) is 3.07. The molecule has 52 heavy (non-hydrogen) atoms. The monoisotopic (exact) mass is 710 g/mol. The maximum atomic E-state index is 14.2. The number of imidazole rings is 1. The van der Waals surface area contributed by atoms with E-state index in [9.17, 15) is 9.59 Å². The molecule has 9 rings (SSSR count). The third-order valence-electron chi connectivity index (χ3n) is 11.1. The molecule has 2 saturated heterocycles. The first kappa shape index (κ1) is 32.8. The Morgan fingerprint density at radius 3 is 2.63 bits per heavy atom. The molecule has 3 aliphatic heterocycles. The predicted octanol–water partition coefficient (Wildman–Crippen LogP) is 8.10. The van der Waals surface area contributed by atoms with Gasteiger partial charge >= 0.3 is 0 Å². The molecule has 5 aromatic rings. The molecule has 0 unspecified atom stereocenters. The number of hydrogen-bond acceptors (Lipinski definition) is 7. The lowest BCUT2D eigenvalue weighted by atomic mass is 9.73.